The molecule has 2 aliphatic rings. The number of fused-ring (bicyclic) bond motifs is 1. The Hall–Kier alpha value is -3.82. The number of carbonyl (C=O) groups excluding carboxylic acids is 2. The number of nitrogens with zero attached hydrogens (tertiary/aromatic N) is 4. The quantitative estimate of drug-likeness (QED) is 0.560. The number of hydrogen-bond donors (Lipinski definition) is 1. The zero-order valence-corrected chi connectivity index (χ0v) is 22.5. The zero-order chi connectivity index (χ0) is 27.4. The summed E-state index contributed by atoms with van der Waals surface area (Å²) in [4.78, 5) is 33.1. The van der Waals surface area contributed by atoms with Gasteiger partial charge in [0.1, 0.15) is 18.3 Å². The Morgan fingerprint density at radius 3 is 2.68 bits per heavy atom. The first-order valence-electron chi connectivity index (χ1n) is 13.1. The highest BCUT2D eigenvalue weighted by Crippen LogP contribution is 2.35. The molecule has 9 heteroatoms. The minimum atomic E-state index is -0.590. The number of nitriles is 1. The molecule has 1 aromatic heterocycles. The average Bonchev–Trinajstić information content (AvgIpc) is 2.83. The van der Waals surface area contributed by atoms with Gasteiger partial charge in [0, 0.05) is 35.5 Å². The summed E-state index contributed by atoms with van der Waals surface area (Å²) >= 11 is 0. The molecule has 2 N–H and O–H groups in total. The second kappa shape index (κ2) is 11.7. The van der Waals surface area contributed by atoms with Crippen LogP contribution in [0.4, 0.5) is 0 Å². The smallest absolute Gasteiger partial charge is 0.252 e. The zero-order valence-electron chi connectivity index (χ0n) is 22.5. The lowest BCUT2D eigenvalue weighted by Gasteiger charge is -2.36. The first-order chi connectivity index (χ1) is 18.2. The van der Waals surface area contributed by atoms with Crippen LogP contribution >= 0.6 is 0 Å². The summed E-state index contributed by atoms with van der Waals surface area (Å²) in [6.07, 6.45) is 4.64. The normalized spacial score (nSPS) is 20.9. The molecule has 1 saturated heterocycles. The number of piperidine rings is 1. The van der Waals surface area contributed by atoms with Crippen molar-refractivity contribution >= 4 is 22.6 Å². The number of aromatic nitrogens is 1. The lowest BCUT2D eigenvalue weighted by atomic mass is 9.80. The van der Waals surface area contributed by atoms with Crippen molar-refractivity contribution in [2.24, 2.45) is 11.7 Å². The molecule has 1 unspecified atom stereocenters. The molecule has 1 aliphatic heterocycles. The molecule has 0 bridgehead atoms. The lowest BCUT2D eigenvalue weighted by Crippen LogP contribution is -2.44. The second-order valence-electron chi connectivity index (χ2n) is 10.5. The van der Waals surface area contributed by atoms with Crippen molar-refractivity contribution in [3.63, 3.8) is 0 Å². The topological polar surface area (TPSA) is 122 Å². The molecule has 9 nitrogen and oxygen atoms in total. The van der Waals surface area contributed by atoms with E-state index in [1.54, 1.807) is 23.2 Å². The standard InChI is InChI=1S/C29H35N5O4/c1-18(2)37-26-15-24-23(14-25(26)28(31)36)20(8-7-19-12-21(13-19)33(3)4)16-32-29(24)38-22-6-5-11-34(17-22)27(35)9-10-30/h14-16,18-19,21-22H,5-6,9,11-13,17H2,1-4H3,(H2,31,36). The van der Waals surface area contributed by atoms with Crippen LogP contribution in [0.1, 0.15) is 61.9 Å². The van der Waals surface area contributed by atoms with E-state index in [1.165, 1.54) is 0 Å². The minimum Gasteiger partial charge on any atom is -0.490 e. The highest BCUT2D eigenvalue weighted by atomic mass is 16.5. The fourth-order valence-corrected chi connectivity index (χ4v) is 4.88. The van der Waals surface area contributed by atoms with E-state index in [0.29, 0.717) is 53.0 Å². The molecular formula is C29H35N5O4. The first kappa shape index (κ1) is 27.2. The summed E-state index contributed by atoms with van der Waals surface area (Å²) in [5.41, 5.74) is 6.68. The number of rotatable bonds is 7. The molecule has 1 saturated carbocycles. The van der Waals surface area contributed by atoms with Crippen molar-refractivity contribution in [1.29, 1.82) is 5.26 Å². The van der Waals surface area contributed by atoms with Gasteiger partial charge in [0.25, 0.3) is 5.91 Å². The van der Waals surface area contributed by atoms with Gasteiger partial charge in [-0.1, -0.05) is 11.8 Å². The number of pyridine rings is 1. The highest BCUT2D eigenvalue weighted by molar-refractivity contribution is 6.03. The van der Waals surface area contributed by atoms with Crippen LogP contribution in [0.5, 0.6) is 11.6 Å². The van der Waals surface area contributed by atoms with Crippen LogP contribution in [0.15, 0.2) is 18.3 Å². The predicted octanol–water partition coefficient (Wildman–Crippen LogP) is 3.10. The van der Waals surface area contributed by atoms with Crippen molar-refractivity contribution < 1.29 is 19.1 Å². The number of amides is 2. The van der Waals surface area contributed by atoms with Crippen molar-refractivity contribution in [3.8, 4) is 29.5 Å². The predicted molar refractivity (Wildman–Crippen MR) is 144 cm³/mol. The van der Waals surface area contributed by atoms with Crippen LogP contribution in [0.3, 0.4) is 0 Å². The Bertz CT molecular complexity index is 1310. The van der Waals surface area contributed by atoms with Crippen molar-refractivity contribution in [3.05, 3.63) is 29.5 Å². The first-order valence-corrected chi connectivity index (χ1v) is 13.1. The third-order valence-electron chi connectivity index (χ3n) is 7.07. The van der Waals surface area contributed by atoms with E-state index in [1.807, 2.05) is 19.9 Å². The second-order valence-corrected chi connectivity index (χ2v) is 10.5. The highest BCUT2D eigenvalue weighted by Gasteiger charge is 2.29. The van der Waals surface area contributed by atoms with Crippen molar-refractivity contribution in [1.82, 2.24) is 14.8 Å². The number of likely N-dealkylation sites (tertiary alicyclic amines) is 1. The summed E-state index contributed by atoms with van der Waals surface area (Å²) in [7, 11) is 4.16. The molecule has 1 aromatic carbocycles. The molecule has 0 spiro atoms. The number of primary amides is 1. The molecule has 2 heterocycles. The number of carbonyl (C=O) groups is 2. The van der Waals surface area contributed by atoms with Gasteiger partial charge in [-0.25, -0.2) is 4.98 Å². The lowest BCUT2D eigenvalue weighted by molar-refractivity contribution is -0.132. The number of benzene rings is 1. The minimum absolute atomic E-state index is 0.149. The largest absolute Gasteiger partial charge is 0.490 e. The summed E-state index contributed by atoms with van der Waals surface area (Å²) in [6.45, 7) is 4.74. The maximum absolute atomic E-state index is 12.3. The van der Waals surface area contributed by atoms with Gasteiger partial charge in [0.05, 0.1) is 29.8 Å². The Morgan fingerprint density at radius 2 is 2.03 bits per heavy atom. The van der Waals surface area contributed by atoms with Crippen LogP contribution in [0, 0.1) is 29.1 Å². The molecule has 1 atom stereocenters. The Labute approximate surface area is 223 Å². The van der Waals surface area contributed by atoms with Gasteiger partial charge < -0.3 is 25.0 Å². The third kappa shape index (κ3) is 6.17. The van der Waals surface area contributed by atoms with E-state index < -0.39 is 5.91 Å². The van der Waals surface area contributed by atoms with E-state index in [4.69, 9.17) is 20.5 Å². The summed E-state index contributed by atoms with van der Waals surface area (Å²) in [5, 5.41) is 10.3. The Kier molecular flexibility index (Phi) is 8.38. The van der Waals surface area contributed by atoms with E-state index in [2.05, 4.69) is 35.8 Å². The number of hydrogen-bond acceptors (Lipinski definition) is 7. The van der Waals surface area contributed by atoms with Crippen LogP contribution in [0.2, 0.25) is 0 Å². The molecule has 2 amide bonds. The van der Waals surface area contributed by atoms with Gasteiger partial charge in [0.2, 0.25) is 11.8 Å². The van der Waals surface area contributed by atoms with E-state index in [-0.39, 0.29) is 30.1 Å². The van der Waals surface area contributed by atoms with Gasteiger partial charge in [-0.15, -0.1) is 0 Å². The molecule has 200 valence electrons. The SMILES string of the molecule is CC(C)Oc1cc2c(OC3CCCN(C(=O)CC#N)C3)ncc(C#CC3CC(N(C)C)C3)c2cc1C(N)=O. The van der Waals surface area contributed by atoms with E-state index in [0.717, 1.165) is 25.7 Å². The molecular weight excluding hydrogens is 482 g/mol. The molecule has 1 aliphatic carbocycles. The van der Waals surface area contributed by atoms with Crippen molar-refractivity contribution in [2.75, 3.05) is 27.2 Å². The third-order valence-corrected chi connectivity index (χ3v) is 7.07. The van der Waals surface area contributed by atoms with Gasteiger partial charge in [-0.2, -0.15) is 5.26 Å². The fraction of sp³-hybridized carbons (Fsp3) is 0.517. The fourth-order valence-electron chi connectivity index (χ4n) is 4.88. The summed E-state index contributed by atoms with van der Waals surface area (Å²) in [5.74, 6) is 6.91. The van der Waals surface area contributed by atoms with Gasteiger partial charge >= 0.3 is 0 Å². The molecule has 2 aromatic rings. The monoisotopic (exact) mass is 517 g/mol. The maximum Gasteiger partial charge on any atom is 0.252 e. The van der Waals surface area contributed by atoms with Crippen LogP contribution in [0.25, 0.3) is 10.8 Å². The van der Waals surface area contributed by atoms with Crippen LogP contribution in [-0.4, -0.2) is 72.0 Å². The Morgan fingerprint density at radius 1 is 1.26 bits per heavy atom. The average molecular weight is 518 g/mol. The molecule has 4 rings (SSSR count). The van der Waals surface area contributed by atoms with Gasteiger partial charge in [-0.05, 0) is 65.8 Å². The van der Waals surface area contributed by atoms with Crippen LogP contribution < -0.4 is 15.2 Å². The Balaban J connectivity index is 1.70. The van der Waals surface area contributed by atoms with Crippen LogP contribution in [-0.2, 0) is 4.79 Å². The maximum atomic E-state index is 12.3. The summed E-state index contributed by atoms with van der Waals surface area (Å²) in [6, 6.07) is 5.92. The van der Waals surface area contributed by atoms with Crippen molar-refractivity contribution in [2.45, 2.75) is 64.2 Å². The molecule has 0 radical (unpaired) electrons. The molecule has 38 heavy (non-hydrogen) atoms. The van der Waals surface area contributed by atoms with Gasteiger partial charge in [-0.3, -0.25) is 9.59 Å². The number of ether oxygens (including phenoxy) is 2. The number of nitrogens with two attached hydrogens (primary N) is 1. The summed E-state index contributed by atoms with van der Waals surface area (Å²) < 4.78 is 12.3. The molecule has 2 fully saturated rings. The van der Waals surface area contributed by atoms with Gasteiger partial charge in [0.15, 0.2) is 0 Å². The van der Waals surface area contributed by atoms with E-state index in [9.17, 15) is 9.59 Å². The van der Waals surface area contributed by atoms with E-state index >= 15 is 0 Å².